The van der Waals surface area contributed by atoms with Gasteiger partial charge in [-0.15, -0.1) is 0 Å². The number of H-pyrrole nitrogens is 2. The van der Waals surface area contributed by atoms with E-state index in [0.29, 0.717) is 18.8 Å². The number of aromatic nitrogens is 2. The van der Waals surface area contributed by atoms with Crippen LogP contribution < -0.4 is 5.56 Å². The Kier molecular flexibility index (Phi) is 4.75. The lowest BCUT2D eigenvalue weighted by molar-refractivity contribution is 0.0694. The first-order chi connectivity index (χ1) is 14.6. The first-order valence-electron chi connectivity index (χ1n) is 10.2. The van der Waals surface area contributed by atoms with Crippen molar-refractivity contribution in [2.75, 3.05) is 19.6 Å². The van der Waals surface area contributed by atoms with Crippen molar-refractivity contribution in [1.82, 2.24) is 19.8 Å². The first kappa shape index (κ1) is 18.8. The molecule has 1 aromatic carbocycles. The van der Waals surface area contributed by atoms with Crippen LogP contribution in [0.25, 0.3) is 0 Å². The molecule has 4 heterocycles. The summed E-state index contributed by atoms with van der Waals surface area (Å²) in [6, 6.07) is 13.6. The third-order valence-corrected chi connectivity index (χ3v) is 6.31. The Morgan fingerprint density at radius 3 is 2.63 bits per heavy atom. The summed E-state index contributed by atoms with van der Waals surface area (Å²) in [5.41, 5.74) is 2.03. The number of benzene rings is 1. The molecule has 0 bridgehead atoms. The molecule has 6 nitrogen and oxygen atoms in total. The van der Waals surface area contributed by atoms with Crippen molar-refractivity contribution in [1.29, 1.82) is 0 Å². The van der Waals surface area contributed by atoms with E-state index in [1.807, 2.05) is 23.1 Å². The van der Waals surface area contributed by atoms with Crippen molar-refractivity contribution in [3.63, 3.8) is 0 Å². The zero-order valence-electron chi connectivity index (χ0n) is 16.4. The molecule has 2 aromatic heterocycles. The number of likely N-dealkylation sites (tertiary alicyclic amines) is 2. The van der Waals surface area contributed by atoms with E-state index < -0.39 is 0 Å². The molecule has 3 aromatic rings. The van der Waals surface area contributed by atoms with Crippen molar-refractivity contribution in [3.05, 3.63) is 93.9 Å². The molecule has 3 atom stereocenters. The minimum atomic E-state index is -0.297. The largest absolute Gasteiger partial charge is 0.357 e. The van der Waals surface area contributed by atoms with Crippen LogP contribution in [0.1, 0.15) is 27.7 Å². The predicted molar refractivity (Wildman–Crippen MR) is 110 cm³/mol. The second kappa shape index (κ2) is 7.57. The van der Waals surface area contributed by atoms with Crippen LogP contribution in [-0.4, -0.2) is 45.3 Å². The van der Waals surface area contributed by atoms with Gasteiger partial charge in [-0.2, -0.15) is 0 Å². The summed E-state index contributed by atoms with van der Waals surface area (Å²) in [7, 11) is 0. The summed E-state index contributed by atoms with van der Waals surface area (Å²) in [4.78, 5) is 35.1. The van der Waals surface area contributed by atoms with Gasteiger partial charge in [0.05, 0.1) is 6.04 Å². The number of nitrogens with one attached hydrogen (secondary N) is 2. The van der Waals surface area contributed by atoms with Crippen LogP contribution in [0.4, 0.5) is 4.39 Å². The maximum absolute atomic E-state index is 14.0. The lowest BCUT2D eigenvalue weighted by Gasteiger charge is -2.29. The molecule has 0 spiro atoms. The molecule has 2 saturated heterocycles. The normalized spacial score (nSPS) is 23.6. The number of carbonyl (C=O) groups excluding carboxylic acids is 1. The molecule has 5 rings (SSSR count). The summed E-state index contributed by atoms with van der Waals surface area (Å²) in [5, 5.41) is 0. The van der Waals surface area contributed by atoms with Gasteiger partial charge in [0.2, 0.25) is 0 Å². The van der Waals surface area contributed by atoms with Crippen molar-refractivity contribution in [3.8, 4) is 0 Å². The highest BCUT2D eigenvalue weighted by atomic mass is 19.1. The lowest BCUT2D eigenvalue weighted by atomic mass is 9.89. The molecule has 2 fully saturated rings. The standard InChI is InChI=1S/C23H23FN4O2/c24-18-6-1-4-15(10-18)21-19-14-27(11-16-5-2-9-26-22(16)29)12-17(19)13-28(21)23(30)20-7-3-8-25-20/h1-10,17,19,21,25H,11-14H2,(H,26,29)/t17-,19-,21-/m0/s1. The fourth-order valence-electron chi connectivity index (χ4n) is 5.03. The smallest absolute Gasteiger partial charge is 0.270 e. The average Bonchev–Trinajstić information content (AvgIpc) is 3.45. The number of fused-ring (bicyclic) bond motifs is 1. The molecule has 0 radical (unpaired) electrons. The van der Waals surface area contributed by atoms with Crippen molar-refractivity contribution < 1.29 is 9.18 Å². The number of rotatable bonds is 4. The number of hydrogen-bond acceptors (Lipinski definition) is 3. The van der Waals surface area contributed by atoms with Gasteiger partial charge in [-0.3, -0.25) is 14.5 Å². The molecule has 30 heavy (non-hydrogen) atoms. The van der Waals surface area contributed by atoms with E-state index >= 15 is 0 Å². The lowest BCUT2D eigenvalue weighted by Crippen LogP contribution is -2.36. The summed E-state index contributed by atoms with van der Waals surface area (Å²) in [6.07, 6.45) is 3.37. The summed E-state index contributed by atoms with van der Waals surface area (Å²) < 4.78 is 14.0. The highest BCUT2D eigenvalue weighted by Crippen LogP contribution is 2.45. The molecular weight excluding hydrogens is 383 g/mol. The zero-order valence-corrected chi connectivity index (χ0v) is 16.4. The minimum Gasteiger partial charge on any atom is -0.357 e. The van der Waals surface area contributed by atoms with E-state index in [1.54, 1.807) is 30.6 Å². The number of nitrogens with zero attached hydrogens (tertiary/aromatic N) is 2. The summed E-state index contributed by atoms with van der Waals surface area (Å²) in [5.74, 6) is 0.108. The van der Waals surface area contributed by atoms with Gasteiger partial charge in [0.25, 0.3) is 11.5 Å². The second-order valence-electron chi connectivity index (χ2n) is 8.18. The van der Waals surface area contributed by atoms with E-state index in [2.05, 4.69) is 14.9 Å². The quantitative estimate of drug-likeness (QED) is 0.700. The third kappa shape index (κ3) is 3.35. The third-order valence-electron chi connectivity index (χ3n) is 6.31. The molecule has 0 unspecified atom stereocenters. The number of halogens is 1. The molecule has 2 aliphatic rings. The maximum atomic E-state index is 14.0. The summed E-state index contributed by atoms with van der Waals surface area (Å²) in [6.45, 7) is 2.75. The minimum absolute atomic E-state index is 0.0604. The van der Waals surface area contributed by atoms with Gasteiger partial charge < -0.3 is 14.9 Å². The Bertz CT molecular complexity index is 1110. The molecular formula is C23H23FN4O2. The van der Waals surface area contributed by atoms with E-state index in [1.165, 1.54) is 12.1 Å². The molecule has 1 amide bonds. The Balaban J connectivity index is 1.43. The molecule has 7 heteroatoms. The molecule has 154 valence electrons. The number of aromatic amines is 2. The monoisotopic (exact) mass is 406 g/mol. The highest BCUT2D eigenvalue weighted by molar-refractivity contribution is 5.93. The topological polar surface area (TPSA) is 72.2 Å². The second-order valence-corrected chi connectivity index (χ2v) is 8.18. The van der Waals surface area contributed by atoms with Gasteiger partial charge in [0, 0.05) is 50.1 Å². The van der Waals surface area contributed by atoms with Crippen molar-refractivity contribution in [2.24, 2.45) is 11.8 Å². The van der Waals surface area contributed by atoms with E-state index in [9.17, 15) is 14.0 Å². The highest BCUT2D eigenvalue weighted by Gasteiger charge is 2.49. The summed E-state index contributed by atoms with van der Waals surface area (Å²) >= 11 is 0. The van der Waals surface area contributed by atoms with Crippen LogP contribution in [-0.2, 0) is 6.54 Å². The van der Waals surface area contributed by atoms with Crippen molar-refractivity contribution >= 4 is 5.91 Å². The van der Waals surface area contributed by atoms with Gasteiger partial charge >= 0.3 is 0 Å². The Morgan fingerprint density at radius 1 is 1.03 bits per heavy atom. The van der Waals surface area contributed by atoms with Gasteiger partial charge in [-0.05, 0) is 41.8 Å². The molecule has 2 N–H and O–H groups in total. The van der Waals surface area contributed by atoms with Gasteiger partial charge in [0.1, 0.15) is 11.5 Å². The number of hydrogen-bond donors (Lipinski definition) is 2. The van der Waals surface area contributed by atoms with Crippen LogP contribution in [0.5, 0.6) is 0 Å². The number of amides is 1. The Hall–Kier alpha value is -3.19. The van der Waals surface area contributed by atoms with Crippen LogP contribution in [0.3, 0.4) is 0 Å². The van der Waals surface area contributed by atoms with Crippen LogP contribution in [0.15, 0.2) is 65.7 Å². The first-order valence-corrected chi connectivity index (χ1v) is 10.2. The SMILES string of the molecule is O=C(c1ccc[nH]1)N1C[C@@H]2CN(Cc3ccc[nH]c3=O)C[C@@H]2[C@@H]1c1cccc(F)c1. The maximum Gasteiger partial charge on any atom is 0.270 e. The van der Waals surface area contributed by atoms with Gasteiger partial charge in [0.15, 0.2) is 0 Å². The van der Waals surface area contributed by atoms with Gasteiger partial charge in [-0.25, -0.2) is 4.39 Å². The fraction of sp³-hybridized carbons (Fsp3) is 0.304. The van der Waals surface area contributed by atoms with Crippen LogP contribution in [0.2, 0.25) is 0 Å². The molecule has 2 aliphatic heterocycles. The van der Waals surface area contributed by atoms with Crippen molar-refractivity contribution in [2.45, 2.75) is 12.6 Å². The molecule has 0 saturated carbocycles. The zero-order chi connectivity index (χ0) is 20.7. The average molecular weight is 406 g/mol. The number of pyridine rings is 1. The van der Waals surface area contributed by atoms with Crippen LogP contribution >= 0.6 is 0 Å². The van der Waals surface area contributed by atoms with E-state index in [4.69, 9.17) is 0 Å². The van der Waals surface area contributed by atoms with E-state index in [0.717, 1.165) is 24.2 Å². The Labute approximate surface area is 173 Å². The molecule has 0 aliphatic carbocycles. The number of carbonyl (C=O) groups is 1. The van der Waals surface area contributed by atoms with Crippen LogP contribution in [0, 0.1) is 17.7 Å². The Morgan fingerprint density at radius 2 is 1.87 bits per heavy atom. The van der Waals surface area contributed by atoms with Gasteiger partial charge in [-0.1, -0.05) is 18.2 Å². The fourth-order valence-corrected chi connectivity index (χ4v) is 5.03. The van der Waals surface area contributed by atoms with E-state index in [-0.39, 0.29) is 35.2 Å². The predicted octanol–water partition coefficient (Wildman–Crippen LogP) is 2.79.